The topological polar surface area (TPSA) is 83.3 Å². The van der Waals surface area contributed by atoms with Crippen molar-refractivity contribution in [3.8, 4) is 28.1 Å². The van der Waals surface area contributed by atoms with Gasteiger partial charge in [-0.3, -0.25) is 4.79 Å². The van der Waals surface area contributed by atoms with E-state index in [-0.39, 0.29) is 22.4 Å². The molecule has 0 bridgehead atoms. The number of anilines is 1. The Balaban J connectivity index is 1.60. The van der Waals surface area contributed by atoms with Gasteiger partial charge < -0.3 is 19.9 Å². The van der Waals surface area contributed by atoms with Crippen molar-refractivity contribution >= 4 is 5.82 Å². The Morgan fingerprint density at radius 3 is 2.26 bits per heavy atom. The zero-order valence-corrected chi connectivity index (χ0v) is 21.2. The fourth-order valence-corrected chi connectivity index (χ4v) is 5.37. The molecule has 0 radical (unpaired) electrons. The first-order valence-corrected chi connectivity index (χ1v) is 11.7. The summed E-state index contributed by atoms with van der Waals surface area (Å²) >= 11 is 0. The summed E-state index contributed by atoms with van der Waals surface area (Å²) in [6, 6.07) is 11.3. The van der Waals surface area contributed by atoms with Crippen molar-refractivity contribution in [2.45, 2.75) is 64.6 Å². The van der Waals surface area contributed by atoms with Crippen LogP contribution in [0.5, 0.6) is 5.75 Å². The average Bonchev–Trinajstić information content (AvgIpc) is 2.73. The van der Waals surface area contributed by atoms with Crippen LogP contribution in [-0.2, 0) is 7.05 Å². The van der Waals surface area contributed by atoms with E-state index < -0.39 is 0 Å². The third-order valence-corrected chi connectivity index (χ3v) is 6.74. The summed E-state index contributed by atoms with van der Waals surface area (Å²) in [4.78, 5) is 14.2. The van der Waals surface area contributed by atoms with Gasteiger partial charge in [-0.1, -0.05) is 6.07 Å². The molecule has 0 aliphatic carbocycles. The molecule has 180 valence electrons. The number of nitrogens with zero attached hydrogens (tertiary/aromatic N) is 4. The van der Waals surface area contributed by atoms with Crippen LogP contribution in [0.4, 0.5) is 5.82 Å². The van der Waals surface area contributed by atoms with Gasteiger partial charge in [0.2, 0.25) is 0 Å². The lowest BCUT2D eigenvalue weighted by Crippen LogP contribution is -2.62. The number of hydrogen-bond donors (Lipinski definition) is 2. The first-order chi connectivity index (χ1) is 15.8. The van der Waals surface area contributed by atoms with Crippen LogP contribution in [0.25, 0.3) is 22.4 Å². The van der Waals surface area contributed by atoms with E-state index >= 15 is 0 Å². The van der Waals surface area contributed by atoms with Gasteiger partial charge in [0.15, 0.2) is 5.82 Å². The van der Waals surface area contributed by atoms with Crippen molar-refractivity contribution in [1.29, 1.82) is 0 Å². The van der Waals surface area contributed by atoms with Crippen LogP contribution < -0.4 is 15.8 Å². The smallest absolute Gasteiger partial charge is 0.250 e. The minimum absolute atomic E-state index is 0.0433. The van der Waals surface area contributed by atoms with E-state index in [1.807, 2.05) is 31.2 Å². The summed E-state index contributed by atoms with van der Waals surface area (Å²) < 4.78 is 1.52. The molecular weight excluding hydrogens is 426 g/mol. The van der Waals surface area contributed by atoms with Gasteiger partial charge in [0.25, 0.3) is 5.56 Å². The number of nitrogens with one attached hydrogen (secondary N) is 1. The van der Waals surface area contributed by atoms with E-state index in [9.17, 15) is 9.90 Å². The normalized spacial score (nSPS) is 17.5. The lowest BCUT2D eigenvalue weighted by molar-refractivity contribution is 0.160. The van der Waals surface area contributed by atoms with E-state index in [0.717, 1.165) is 35.3 Å². The molecular formula is C27H35N5O2. The number of aromatic nitrogens is 3. The minimum Gasteiger partial charge on any atom is -0.507 e. The van der Waals surface area contributed by atoms with Crippen LogP contribution in [0.3, 0.4) is 0 Å². The highest BCUT2D eigenvalue weighted by molar-refractivity contribution is 5.77. The quantitative estimate of drug-likeness (QED) is 0.604. The monoisotopic (exact) mass is 461 g/mol. The Kier molecular flexibility index (Phi) is 6.02. The fourth-order valence-electron chi connectivity index (χ4n) is 5.37. The molecule has 3 heterocycles. The Hall–Kier alpha value is -3.19. The number of phenolic OH excluding ortho intramolecular Hbond substituents is 1. The standard InChI is InChI=1S/C27H35N5O2/c1-17-12-19(18-10-11-31(6)24(34)14-18)13-22(33)25(17)21-8-9-23(29-28-21)32(7)20-15-26(2,3)30-27(4,5)16-20/h8-14,20,30,33H,15-16H2,1-7H3. The largest absolute Gasteiger partial charge is 0.507 e. The number of hydrogen-bond acceptors (Lipinski definition) is 6. The maximum Gasteiger partial charge on any atom is 0.250 e. The SMILES string of the molecule is Cc1cc(-c2ccn(C)c(=O)c2)cc(O)c1-c1ccc(N(C)C2CC(C)(C)NC(C)(C)C2)nn1. The molecule has 2 N–H and O–H groups in total. The molecule has 0 saturated carbocycles. The Morgan fingerprint density at radius 1 is 1.03 bits per heavy atom. The van der Waals surface area contributed by atoms with Gasteiger partial charge in [-0.05, 0) is 88.4 Å². The summed E-state index contributed by atoms with van der Waals surface area (Å²) in [5.74, 6) is 0.934. The minimum atomic E-state index is -0.0928. The van der Waals surface area contributed by atoms with Crippen LogP contribution >= 0.6 is 0 Å². The number of rotatable bonds is 4. The number of pyridine rings is 1. The second-order valence-electron chi connectivity index (χ2n) is 10.9. The number of piperidine rings is 1. The summed E-state index contributed by atoms with van der Waals surface area (Å²) in [6.45, 7) is 10.9. The van der Waals surface area contributed by atoms with Gasteiger partial charge in [0.1, 0.15) is 5.75 Å². The van der Waals surface area contributed by atoms with Crippen LogP contribution in [0.15, 0.2) is 47.4 Å². The molecule has 0 amide bonds. The van der Waals surface area contributed by atoms with Gasteiger partial charge in [-0.15, -0.1) is 10.2 Å². The average molecular weight is 462 g/mol. The van der Waals surface area contributed by atoms with Crippen LogP contribution in [0.2, 0.25) is 0 Å². The maximum atomic E-state index is 12.0. The van der Waals surface area contributed by atoms with Gasteiger partial charge in [-0.25, -0.2) is 0 Å². The lowest BCUT2D eigenvalue weighted by atomic mass is 9.79. The molecule has 0 spiro atoms. The summed E-state index contributed by atoms with van der Waals surface area (Å²) in [5.41, 5.74) is 3.69. The highest BCUT2D eigenvalue weighted by atomic mass is 16.3. The molecule has 1 aliphatic rings. The number of phenols is 1. The molecule has 1 aliphatic heterocycles. The van der Waals surface area contributed by atoms with Crippen LogP contribution in [0.1, 0.15) is 46.1 Å². The maximum absolute atomic E-state index is 12.0. The van der Waals surface area contributed by atoms with Crippen molar-refractivity contribution in [3.05, 3.63) is 58.5 Å². The Morgan fingerprint density at radius 2 is 1.71 bits per heavy atom. The summed E-state index contributed by atoms with van der Waals surface area (Å²) in [6.07, 6.45) is 3.75. The Labute approximate surface area is 201 Å². The molecule has 7 heteroatoms. The van der Waals surface area contributed by atoms with Crippen molar-refractivity contribution in [2.24, 2.45) is 7.05 Å². The first-order valence-electron chi connectivity index (χ1n) is 11.7. The predicted molar refractivity (Wildman–Crippen MR) is 137 cm³/mol. The fraction of sp³-hybridized carbons (Fsp3) is 0.444. The van der Waals surface area contributed by atoms with E-state index in [0.29, 0.717) is 17.3 Å². The van der Waals surface area contributed by atoms with Crippen molar-refractivity contribution in [2.75, 3.05) is 11.9 Å². The molecule has 0 atom stereocenters. The second-order valence-corrected chi connectivity index (χ2v) is 10.9. The first kappa shape index (κ1) is 24.0. The predicted octanol–water partition coefficient (Wildman–Crippen LogP) is 4.27. The molecule has 2 aromatic heterocycles. The molecule has 1 saturated heterocycles. The van der Waals surface area contributed by atoms with Crippen LogP contribution in [0, 0.1) is 6.92 Å². The zero-order valence-electron chi connectivity index (χ0n) is 21.2. The van der Waals surface area contributed by atoms with E-state index in [4.69, 9.17) is 0 Å². The molecule has 1 fully saturated rings. The van der Waals surface area contributed by atoms with Gasteiger partial charge in [0.05, 0.1) is 5.69 Å². The Bertz CT molecular complexity index is 1220. The summed E-state index contributed by atoms with van der Waals surface area (Å²) in [5, 5.41) is 23.5. The van der Waals surface area contributed by atoms with Crippen LogP contribution in [-0.4, -0.2) is 44.0 Å². The van der Waals surface area contributed by atoms with Gasteiger partial charge in [-0.2, -0.15) is 0 Å². The third-order valence-electron chi connectivity index (χ3n) is 6.74. The van der Waals surface area contributed by atoms with Crippen molar-refractivity contribution < 1.29 is 5.11 Å². The van der Waals surface area contributed by atoms with Crippen molar-refractivity contribution in [3.63, 3.8) is 0 Å². The van der Waals surface area contributed by atoms with E-state index in [2.05, 4.69) is 55.2 Å². The number of aryl methyl sites for hydroxylation is 2. The summed E-state index contributed by atoms with van der Waals surface area (Å²) in [7, 11) is 3.79. The molecule has 7 nitrogen and oxygen atoms in total. The molecule has 1 aromatic carbocycles. The molecule has 34 heavy (non-hydrogen) atoms. The molecule has 3 aromatic rings. The third kappa shape index (κ3) is 4.85. The van der Waals surface area contributed by atoms with E-state index in [1.165, 1.54) is 4.57 Å². The number of aromatic hydroxyl groups is 1. The lowest BCUT2D eigenvalue weighted by Gasteiger charge is -2.49. The van der Waals surface area contributed by atoms with Gasteiger partial charge in [0, 0.05) is 49.0 Å². The van der Waals surface area contributed by atoms with Crippen molar-refractivity contribution in [1.82, 2.24) is 20.1 Å². The van der Waals surface area contributed by atoms with E-state index in [1.54, 1.807) is 25.4 Å². The zero-order chi connectivity index (χ0) is 24.8. The molecule has 4 rings (SSSR count). The highest BCUT2D eigenvalue weighted by Gasteiger charge is 2.39. The van der Waals surface area contributed by atoms with Gasteiger partial charge >= 0.3 is 0 Å². The second kappa shape index (κ2) is 8.55. The highest BCUT2D eigenvalue weighted by Crippen LogP contribution is 2.36. The number of benzene rings is 1. The molecule has 0 unspecified atom stereocenters.